The molecule has 3 rings (SSSR count). The fourth-order valence-corrected chi connectivity index (χ4v) is 3.13. The third-order valence-corrected chi connectivity index (χ3v) is 4.26. The van der Waals surface area contributed by atoms with Gasteiger partial charge in [-0.2, -0.15) is 28.8 Å². The molecule has 0 aliphatic carbocycles. The first-order chi connectivity index (χ1) is 11.9. The lowest BCUT2D eigenvalue weighted by molar-refractivity contribution is -0.141. The third-order valence-electron chi connectivity index (χ3n) is 4.26. The summed E-state index contributed by atoms with van der Waals surface area (Å²) in [6.07, 6.45) is -1.72. The molecule has 1 aromatic carbocycles. The van der Waals surface area contributed by atoms with E-state index in [-0.39, 0.29) is 6.04 Å². The maximum atomic E-state index is 12.7. The molecule has 0 spiro atoms. The first kappa shape index (κ1) is 16.8. The SMILES string of the molecule is N#Cc1cccc(C#N)c1N1CCCC(n2ccc(C(F)(F)F)n2)C1. The second kappa shape index (κ2) is 6.48. The van der Waals surface area contributed by atoms with E-state index in [1.807, 2.05) is 4.90 Å². The third kappa shape index (κ3) is 3.29. The van der Waals surface area contributed by atoms with Gasteiger partial charge >= 0.3 is 6.18 Å². The zero-order chi connectivity index (χ0) is 18.0. The van der Waals surface area contributed by atoms with E-state index in [0.29, 0.717) is 36.3 Å². The van der Waals surface area contributed by atoms with Gasteiger partial charge in [0.15, 0.2) is 5.69 Å². The van der Waals surface area contributed by atoms with E-state index < -0.39 is 11.9 Å². The van der Waals surface area contributed by atoms with Crippen molar-refractivity contribution >= 4 is 5.69 Å². The minimum absolute atomic E-state index is 0.247. The van der Waals surface area contributed by atoms with Gasteiger partial charge in [-0.1, -0.05) is 6.07 Å². The maximum absolute atomic E-state index is 12.7. The summed E-state index contributed by atoms with van der Waals surface area (Å²) in [4.78, 5) is 1.89. The van der Waals surface area contributed by atoms with Crippen LogP contribution in [0.5, 0.6) is 0 Å². The van der Waals surface area contributed by atoms with E-state index in [1.165, 1.54) is 10.9 Å². The van der Waals surface area contributed by atoms with Crippen LogP contribution in [0.25, 0.3) is 0 Å². The molecule has 2 heterocycles. The molecule has 1 aliphatic heterocycles. The van der Waals surface area contributed by atoms with Crippen molar-refractivity contribution in [1.82, 2.24) is 9.78 Å². The Morgan fingerprint density at radius 3 is 2.36 bits per heavy atom. The zero-order valence-electron chi connectivity index (χ0n) is 13.2. The Bertz CT molecular complexity index is 824. The smallest absolute Gasteiger partial charge is 0.367 e. The lowest BCUT2D eigenvalue weighted by Crippen LogP contribution is -2.37. The molecule has 1 aliphatic rings. The highest BCUT2D eigenvalue weighted by Crippen LogP contribution is 2.32. The number of nitriles is 2. The molecular weight excluding hydrogens is 331 g/mol. The lowest BCUT2D eigenvalue weighted by atomic mass is 10.0. The summed E-state index contributed by atoms with van der Waals surface area (Å²) in [5.74, 6) is 0. The Kier molecular flexibility index (Phi) is 4.37. The van der Waals surface area contributed by atoms with Crippen LogP contribution in [0.1, 0.15) is 35.7 Å². The van der Waals surface area contributed by atoms with Crippen molar-refractivity contribution < 1.29 is 13.2 Å². The molecule has 0 bridgehead atoms. The molecule has 1 saturated heterocycles. The molecule has 128 valence electrons. The summed E-state index contributed by atoms with van der Waals surface area (Å²) in [6, 6.07) is 9.79. The van der Waals surface area contributed by atoms with E-state index in [2.05, 4.69) is 17.2 Å². The van der Waals surface area contributed by atoms with Crippen LogP contribution in [0.2, 0.25) is 0 Å². The van der Waals surface area contributed by atoms with Crippen LogP contribution in [0.4, 0.5) is 18.9 Å². The highest BCUT2D eigenvalue weighted by atomic mass is 19.4. The minimum Gasteiger partial charge on any atom is -0.367 e. The number of aromatic nitrogens is 2. The van der Waals surface area contributed by atoms with Crippen LogP contribution < -0.4 is 4.90 Å². The van der Waals surface area contributed by atoms with Crippen LogP contribution in [-0.2, 0) is 6.18 Å². The van der Waals surface area contributed by atoms with Gasteiger partial charge in [-0.3, -0.25) is 4.68 Å². The molecule has 1 aromatic heterocycles. The lowest BCUT2D eigenvalue weighted by Gasteiger charge is -2.35. The average molecular weight is 345 g/mol. The zero-order valence-corrected chi connectivity index (χ0v) is 13.2. The molecule has 5 nitrogen and oxygen atoms in total. The van der Waals surface area contributed by atoms with Gasteiger partial charge in [0.1, 0.15) is 12.1 Å². The van der Waals surface area contributed by atoms with E-state index in [4.69, 9.17) is 0 Å². The number of alkyl halides is 3. The summed E-state index contributed by atoms with van der Waals surface area (Å²) in [6.45, 7) is 1.03. The van der Waals surface area contributed by atoms with E-state index in [0.717, 1.165) is 12.5 Å². The Labute approximate surface area is 142 Å². The molecule has 2 aromatic rings. The number of anilines is 1. The van der Waals surface area contributed by atoms with Crippen LogP contribution in [0.15, 0.2) is 30.5 Å². The topological polar surface area (TPSA) is 68.6 Å². The highest BCUT2D eigenvalue weighted by Gasteiger charge is 2.34. The summed E-state index contributed by atoms with van der Waals surface area (Å²) in [5.41, 5.74) is 0.396. The van der Waals surface area contributed by atoms with Gasteiger partial charge in [0.25, 0.3) is 0 Å². The fourth-order valence-electron chi connectivity index (χ4n) is 3.13. The Morgan fingerprint density at radius 2 is 1.80 bits per heavy atom. The van der Waals surface area contributed by atoms with Crippen molar-refractivity contribution in [3.63, 3.8) is 0 Å². The summed E-state index contributed by atoms with van der Waals surface area (Å²) in [5, 5.41) is 22.3. The molecule has 1 unspecified atom stereocenters. The number of para-hydroxylation sites is 1. The van der Waals surface area contributed by atoms with E-state index in [9.17, 15) is 23.7 Å². The van der Waals surface area contributed by atoms with Crippen molar-refractivity contribution in [1.29, 1.82) is 10.5 Å². The normalized spacial score (nSPS) is 17.8. The Balaban J connectivity index is 1.89. The van der Waals surface area contributed by atoms with Crippen molar-refractivity contribution in [2.45, 2.75) is 25.1 Å². The number of rotatable bonds is 2. The number of nitrogens with zero attached hydrogens (tertiary/aromatic N) is 5. The molecule has 0 N–H and O–H groups in total. The molecule has 1 fully saturated rings. The van der Waals surface area contributed by atoms with Gasteiger partial charge in [-0.25, -0.2) is 0 Å². The highest BCUT2D eigenvalue weighted by molar-refractivity contribution is 5.68. The van der Waals surface area contributed by atoms with Crippen molar-refractivity contribution in [3.05, 3.63) is 47.3 Å². The standard InChI is InChI=1S/C17H14F3N5/c18-17(19,20)15-6-8-25(23-15)14-5-2-7-24(11-14)16-12(9-21)3-1-4-13(16)10-22/h1,3-4,6,8,14H,2,5,7,11H2. The molecular formula is C17H14F3N5. The number of benzene rings is 1. The molecule has 8 heteroatoms. The van der Waals surface area contributed by atoms with E-state index in [1.54, 1.807) is 18.2 Å². The van der Waals surface area contributed by atoms with Crippen molar-refractivity contribution in [2.75, 3.05) is 18.0 Å². The van der Waals surface area contributed by atoms with Crippen molar-refractivity contribution in [3.8, 4) is 12.1 Å². The quantitative estimate of drug-likeness (QED) is 0.835. The van der Waals surface area contributed by atoms with Gasteiger partial charge < -0.3 is 4.90 Å². The average Bonchev–Trinajstić information content (AvgIpc) is 3.11. The molecule has 0 saturated carbocycles. The summed E-state index contributed by atoms with van der Waals surface area (Å²) < 4.78 is 39.6. The second-order valence-electron chi connectivity index (χ2n) is 5.85. The van der Waals surface area contributed by atoms with Gasteiger partial charge in [-0.05, 0) is 31.0 Å². The predicted molar refractivity (Wildman–Crippen MR) is 83.6 cm³/mol. The Hall–Kier alpha value is -3.00. The van der Waals surface area contributed by atoms with Crippen LogP contribution in [0.3, 0.4) is 0 Å². The number of halogens is 3. The van der Waals surface area contributed by atoms with E-state index >= 15 is 0 Å². The Morgan fingerprint density at radius 1 is 1.12 bits per heavy atom. The van der Waals surface area contributed by atoms with Gasteiger partial charge in [0, 0.05) is 19.3 Å². The molecule has 0 amide bonds. The molecule has 25 heavy (non-hydrogen) atoms. The number of hydrogen-bond donors (Lipinski definition) is 0. The number of piperidine rings is 1. The largest absolute Gasteiger partial charge is 0.435 e. The first-order valence-corrected chi connectivity index (χ1v) is 7.74. The predicted octanol–water partition coefficient (Wildman–Crippen LogP) is 3.49. The second-order valence-corrected chi connectivity index (χ2v) is 5.85. The first-order valence-electron chi connectivity index (χ1n) is 7.74. The summed E-state index contributed by atoms with van der Waals surface area (Å²) >= 11 is 0. The molecule has 0 radical (unpaired) electrons. The monoisotopic (exact) mass is 345 g/mol. The van der Waals surface area contributed by atoms with Crippen LogP contribution in [0, 0.1) is 22.7 Å². The van der Waals surface area contributed by atoms with Gasteiger partial charge in [-0.15, -0.1) is 0 Å². The van der Waals surface area contributed by atoms with Gasteiger partial charge in [0.2, 0.25) is 0 Å². The summed E-state index contributed by atoms with van der Waals surface area (Å²) in [7, 11) is 0. The minimum atomic E-state index is -4.47. The molecule has 1 atom stereocenters. The maximum Gasteiger partial charge on any atom is 0.435 e. The van der Waals surface area contributed by atoms with Crippen LogP contribution in [-0.4, -0.2) is 22.9 Å². The van der Waals surface area contributed by atoms with Crippen LogP contribution >= 0.6 is 0 Å². The van der Waals surface area contributed by atoms with Crippen molar-refractivity contribution in [2.24, 2.45) is 0 Å². The number of hydrogen-bond acceptors (Lipinski definition) is 4. The van der Waals surface area contributed by atoms with Gasteiger partial charge in [0.05, 0.1) is 22.9 Å². The fraction of sp³-hybridized carbons (Fsp3) is 0.353.